The zero-order valence-electron chi connectivity index (χ0n) is 8.09. The van der Waals surface area contributed by atoms with Gasteiger partial charge < -0.3 is 5.32 Å². The first kappa shape index (κ1) is 9.94. The molecule has 0 fully saturated rings. The van der Waals surface area contributed by atoms with Crippen LogP contribution in [0.1, 0.15) is 17.0 Å². The summed E-state index contributed by atoms with van der Waals surface area (Å²) in [7, 11) is 0. The second-order valence-corrected chi connectivity index (χ2v) is 4.87. The van der Waals surface area contributed by atoms with E-state index in [1.54, 1.807) is 0 Å². The van der Waals surface area contributed by atoms with Gasteiger partial charge in [0.1, 0.15) is 0 Å². The number of benzene rings is 1. The SMILES string of the molecule is C=C(Br)CNCC1Cc2ccccc21. The van der Waals surface area contributed by atoms with Gasteiger partial charge in [-0.05, 0) is 17.5 Å². The van der Waals surface area contributed by atoms with E-state index in [0.29, 0.717) is 5.92 Å². The third-order valence-electron chi connectivity index (χ3n) is 2.67. The highest BCUT2D eigenvalue weighted by molar-refractivity contribution is 9.11. The maximum Gasteiger partial charge on any atom is 0.0265 e. The Kier molecular flexibility index (Phi) is 3.04. The molecule has 0 bridgehead atoms. The van der Waals surface area contributed by atoms with Gasteiger partial charge in [-0.15, -0.1) is 0 Å². The zero-order chi connectivity index (χ0) is 9.97. The highest BCUT2D eigenvalue weighted by Crippen LogP contribution is 2.33. The van der Waals surface area contributed by atoms with Crippen LogP contribution in [0.25, 0.3) is 0 Å². The van der Waals surface area contributed by atoms with Crippen molar-refractivity contribution in [3.8, 4) is 0 Å². The summed E-state index contributed by atoms with van der Waals surface area (Å²) in [5.41, 5.74) is 3.03. The summed E-state index contributed by atoms with van der Waals surface area (Å²) in [5.74, 6) is 0.707. The van der Waals surface area contributed by atoms with Gasteiger partial charge in [0, 0.05) is 23.5 Å². The summed E-state index contributed by atoms with van der Waals surface area (Å²) in [6, 6.07) is 8.68. The molecule has 1 N–H and O–H groups in total. The van der Waals surface area contributed by atoms with Gasteiger partial charge in [0.25, 0.3) is 0 Å². The Morgan fingerprint density at radius 2 is 2.29 bits per heavy atom. The van der Waals surface area contributed by atoms with Crippen LogP contribution in [0.2, 0.25) is 0 Å². The summed E-state index contributed by atoms with van der Waals surface area (Å²) in [4.78, 5) is 0. The van der Waals surface area contributed by atoms with Crippen molar-refractivity contribution in [1.82, 2.24) is 5.32 Å². The maximum absolute atomic E-state index is 3.79. The number of hydrogen-bond acceptors (Lipinski definition) is 1. The molecule has 0 amide bonds. The van der Waals surface area contributed by atoms with Gasteiger partial charge in [0.05, 0.1) is 0 Å². The van der Waals surface area contributed by atoms with Crippen LogP contribution in [0, 0.1) is 0 Å². The monoisotopic (exact) mass is 251 g/mol. The van der Waals surface area contributed by atoms with Crippen molar-refractivity contribution in [2.45, 2.75) is 12.3 Å². The fourth-order valence-corrected chi connectivity index (χ4v) is 2.13. The van der Waals surface area contributed by atoms with Crippen molar-refractivity contribution < 1.29 is 0 Å². The van der Waals surface area contributed by atoms with Crippen molar-refractivity contribution in [3.63, 3.8) is 0 Å². The standard InChI is InChI=1S/C12H14BrN/c1-9(13)7-14-8-11-6-10-4-2-3-5-12(10)11/h2-5,11,14H,1,6-8H2. The van der Waals surface area contributed by atoms with Gasteiger partial charge in [-0.1, -0.05) is 46.8 Å². The minimum absolute atomic E-state index is 0.707. The quantitative estimate of drug-likeness (QED) is 0.868. The first-order valence-electron chi connectivity index (χ1n) is 4.89. The van der Waals surface area contributed by atoms with Crippen LogP contribution in [0.15, 0.2) is 35.3 Å². The van der Waals surface area contributed by atoms with Gasteiger partial charge in [-0.25, -0.2) is 0 Å². The lowest BCUT2D eigenvalue weighted by molar-refractivity contribution is 0.554. The predicted octanol–water partition coefficient (Wildman–Crippen LogP) is 2.82. The normalized spacial score (nSPS) is 18.5. The third-order valence-corrected chi connectivity index (χ3v) is 2.95. The lowest BCUT2D eigenvalue weighted by atomic mass is 9.78. The second kappa shape index (κ2) is 4.28. The molecule has 1 atom stereocenters. The van der Waals surface area contributed by atoms with Crippen molar-refractivity contribution in [2.24, 2.45) is 0 Å². The molecular formula is C12H14BrN. The first-order chi connectivity index (χ1) is 6.77. The average molecular weight is 252 g/mol. The molecule has 1 unspecified atom stereocenters. The van der Waals surface area contributed by atoms with Crippen LogP contribution >= 0.6 is 15.9 Å². The second-order valence-electron chi connectivity index (χ2n) is 3.75. The van der Waals surface area contributed by atoms with Gasteiger partial charge >= 0.3 is 0 Å². The van der Waals surface area contributed by atoms with E-state index in [-0.39, 0.29) is 0 Å². The van der Waals surface area contributed by atoms with E-state index < -0.39 is 0 Å². The first-order valence-corrected chi connectivity index (χ1v) is 5.68. The Balaban J connectivity index is 1.84. The highest BCUT2D eigenvalue weighted by Gasteiger charge is 2.24. The fraction of sp³-hybridized carbons (Fsp3) is 0.333. The Morgan fingerprint density at radius 1 is 1.50 bits per heavy atom. The molecule has 0 heterocycles. The van der Waals surface area contributed by atoms with E-state index in [0.717, 1.165) is 17.6 Å². The average Bonchev–Trinajstić information content (AvgIpc) is 2.12. The van der Waals surface area contributed by atoms with Crippen LogP contribution in [-0.4, -0.2) is 13.1 Å². The van der Waals surface area contributed by atoms with E-state index in [1.807, 2.05) is 0 Å². The number of halogens is 1. The molecule has 1 nitrogen and oxygen atoms in total. The molecule has 0 saturated carbocycles. The highest BCUT2D eigenvalue weighted by atomic mass is 79.9. The van der Waals surface area contributed by atoms with Crippen molar-refractivity contribution in [3.05, 3.63) is 46.5 Å². The minimum atomic E-state index is 0.707. The molecule has 14 heavy (non-hydrogen) atoms. The van der Waals surface area contributed by atoms with Crippen LogP contribution in [-0.2, 0) is 6.42 Å². The van der Waals surface area contributed by atoms with Gasteiger partial charge in [-0.3, -0.25) is 0 Å². The summed E-state index contributed by atoms with van der Waals surface area (Å²) in [6.07, 6.45) is 1.22. The largest absolute Gasteiger partial charge is 0.312 e. The third kappa shape index (κ3) is 2.07. The summed E-state index contributed by atoms with van der Waals surface area (Å²) in [5, 5.41) is 3.38. The van der Waals surface area contributed by atoms with Crippen LogP contribution in [0.4, 0.5) is 0 Å². The van der Waals surface area contributed by atoms with Gasteiger partial charge in [0.2, 0.25) is 0 Å². The van der Waals surface area contributed by atoms with Gasteiger partial charge in [-0.2, -0.15) is 0 Å². The molecule has 2 rings (SSSR count). The molecule has 0 saturated heterocycles. The van der Waals surface area contributed by atoms with E-state index in [4.69, 9.17) is 0 Å². The van der Waals surface area contributed by atoms with Crippen molar-refractivity contribution in [1.29, 1.82) is 0 Å². The van der Waals surface area contributed by atoms with E-state index >= 15 is 0 Å². The summed E-state index contributed by atoms with van der Waals surface area (Å²) < 4.78 is 1.02. The maximum atomic E-state index is 3.79. The molecular weight excluding hydrogens is 238 g/mol. The zero-order valence-corrected chi connectivity index (χ0v) is 9.68. The van der Waals surface area contributed by atoms with Crippen molar-refractivity contribution >= 4 is 15.9 Å². The van der Waals surface area contributed by atoms with Crippen LogP contribution in [0.3, 0.4) is 0 Å². The van der Waals surface area contributed by atoms with Crippen LogP contribution in [0.5, 0.6) is 0 Å². The number of nitrogens with one attached hydrogen (secondary N) is 1. The topological polar surface area (TPSA) is 12.0 Å². The molecule has 1 aliphatic carbocycles. The van der Waals surface area contributed by atoms with Gasteiger partial charge in [0.15, 0.2) is 0 Å². The number of hydrogen-bond donors (Lipinski definition) is 1. The molecule has 0 aromatic heterocycles. The molecule has 0 spiro atoms. The predicted molar refractivity (Wildman–Crippen MR) is 63.8 cm³/mol. The molecule has 2 heteroatoms. The molecule has 1 aromatic carbocycles. The Labute approximate surface area is 93.3 Å². The molecule has 1 aromatic rings. The molecule has 74 valence electrons. The Hall–Kier alpha value is -0.600. The Morgan fingerprint density at radius 3 is 3.00 bits per heavy atom. The minimum Gasteiger partial charge on any atom is -0.312 e. The summed E-state index contributed by atoms with van der Waals surface area (Å²) in [6.45, 7) is 5.71. The summed E-state index contributed by atoms with van der Waals surface area (Å²) >= 11 is 3.34. The lowest BCUT2D eigenvalue weighted by Gasteiger charge is -2.30. The van der Waals surface area contributed by atoms with Crippen LogP contribution < -0.4 is 5.32 Å². The van der Waals surface area contributed by atoms with E-state index in [9.17, 15) is 0 Å². The molecule has 0 aliphatic heterocycles. The smallest absolute Gasteiger partial charge is 0.0265 e. The Bertz CT molecular complexity index is 346. The van der Waals surface area contributed by atoms with E-state index in [2.05, 4.69) is 52.1 Å². The van der Waals surface area contributed by atoms with E-state index in [1.165, 1.54) is 17.5 Å². The number of fused-ring (bicyclic) bond motifs is 1. The number of rotatable bonds is 4. The molecule has 1 aliphatic rings. The molecule has 0 radical (unpaired) electrons. The van der Waals surface area contributed by atoms with Crippen molar-refractivity contribution in [2.75, 3.05) is 13.1 Å². The fourth-order valence-electron chi connectivity index (χ4n) is 1.93. The lowest BCUT2D eigenvalue weighted by Crippen LogP contribution is -2.29.